The number of benzene rings is 3. The number of aliphatic hydroxyl groups is 1. The molecule has 1 amide bonds. The number of nitrogens with zero attached hydrogens (tertiary/aromatic N) is 1. The average Bonchev–Trinajstić information content (AvgIpc) is 3.09. The van der Waals surface area contributed by atoms with Crippen molar-refractivity contribution in [3.05, 3.63) is 77.9 Å². The first kappa shape index (κ1) is 19.9. The molecule has 0 radical (unpaired) electrons. The Morgan fingerprint density at radius 1 is 1.00 bits per heavy atom. The van der Waals surface area contributed by atoms with Crippen LogP contribution in [0.2, 0.25) is 0 Å². The topological polar surface area (TPSA) is 59.0 Å². The molecule has 0 aliphatic carbocycles. The minimum Gasteiger partial charge on any atom is -0.497 e. The van der Waals surface area contributed by atoms with E-state index in [0.717, 1.165) is 40.5 Å². The Hall–Kier alpha value is -3.05. The second-order valence-electron chi connectivity index (χ2n) is 8.70. The normalized spacial score (nSPS) is 24.9. The number of carbonyl (C=O) groups excluding carboxylic acids is 1. The molecule has 0 saturated carbocycles. The van der Waals surface area contributed by atoms with Gasteiger partial charge in [-0.25, -0.2) is 4.79 Å². The van der Waals surface area contributed by atoms with Crippen LogP contribution in [-0.2, 0) is 16.9 Å². The molecule has 3 aromatic rings. The minimum absolute atomic E-state index is 0.00131. The molecule has 5 nitrogen and oxygen atoms in total. The summed E-state index contributed by atoms with van der Waals surface area (Å²) in [7, 11) is 1.66. The van der Waals surface area contributed by atoms with Crippen LogP contribution >= 0.6 is 0 Å². The van der Waals surface area contributed by atoms with Gasteiger partial charge in [0.1, 0.15) is 12.4 Å². The van der Waals surface area contributed by atoms with Crippen LogP contribution in [0.5, 0.6) is 5.75 Å². The summed E-state index contributed by atoms with van der Waals surface area (Å²) in [5, 5.41) is 13.7. The molecular weight excluding hydrogens is 390 g/mol. The third-order valence-corrected chi connectivity index (χ3v) is 6.77. The summed E-state index contributed by atoms with van der Waals surface area (Å²) in [4.78, 5) is 14.7. The summed E-state index contributed by atoms with van der Waals surface area (Å²) >= 11 is 0. The molecule has 160 valence electrons. The fraction of sp³-hybridized carbons (Fsp3) is 0.346. The second-order valence-corrected chi connectivity index (χ2v) is 8.70. The first-order valence-corrected chi connectivity index (χ1v) is 10.9. The molecule has 2 aliphatic rings. The van der Waals surface area contributed by atoms with Gasteiger partial charge in [-0.05, 0) is 52.9 Å². The van der Waals surface area contributed by atoms with Gasteiger partial charge in [-0.3, -0.25) is 0 Å². The predicted octanol–water partition coefficient (Wildman–Crippen LogP) is 5.00. The van der Waals surface area contributed by atoms with E-state index in [0.29, 0.717) is 12.8 Å². The highest BCUT2D eigenvalue weighted by Gasteiger charge is 2.50. The Morgan fingerprint density at radius 3 is 2.39 bits per heavy atom. The molecule has 2 bridgehead atoms. The van der Waals surface area contributed by atoms with Crippen molar-refractivity contribution in [2.24, 2.45) is 0 Å². The number of piperidine rings is 1. The summed E-state index contributed by atoms with van der Waals surface area (Å²) < 4.78 is 10.9. The van der Waals surface area contributed by atoms with Gasteiger partial charge in [-0.1, -0.05) is 48.5 Å². The number of fused-ring (bicyclic) bond motifs is 3. The minimum atomic E-state index is -0.934. The molecule has 2 fully saturated rings. The number of rotatable bonds is 4. The zero-order chi connectivity index (χ0) is 21.4. The fourth-order valence-corrected chi connectivity index (χ4v) is 5.19. The van der Waals surface area contributed by atoms with Crippen LogP contribution in [0.1, 0.15) is 36.8 Å². The van der Waals surface area contributed by atoms with Crippen LogP contribution in [0.25, 0.3) is 10.8 Å². The Labute approximate surface area is 182 Å². The first-order chi connectivity index (χ1) is 15.1. The third kappa shape index (κ3) is 3.74. The monoisotopic (exact) mass is 417 g/mol. The van der Waals surface area contributed by atoms with Crippen molar-refractivity contribution < 1.29 is 19.4 Å². The number of amides is 1. The molecule has 0 aromatic heterocycles. The van der Waals surface area contributed by atoms with Gasteiger partial charge in [0.2, 0.25) is 0 Å². The molecule has 2 atom stereocenters. The smallest absolute Gasteiger partial charge is 0.410 e. The Bertz CT molecular complexity index is 1080. The van der Waals surface area contributed by atoms with Crippen LogP contribution in [-0.4, -0.2) is 35.3 Å². The lowest BCUT2D eigenvalue weighted by atomic mass is 9.80. The quantitative estimate of drug-likeness (QED) is 0.649. The standard InChI is InChI=1S/C26H27NO4/c1-30-24-12-8-19-13-21(9-7-20(19)14-24)26(29)15-22-10-11-23(16-26)27(22)25(28)31-17-18-5-3-2-4-6-18/h2-9,12-14,22-23,29H,10-11,15-17H2,1H3. The Morgan fingerprint density at radius 2 is 1.68 bits per heavy atom. The molecule has 2 unspecified atom stereocenters. The highest BCUT2D eigenvalue weighted by atomic mass is 16.6. The molecule has 31 heavy (non-hydrogen) atoms. The van der Waals surface area contributed by atoms with Gasteiger partial charge in [-0.15, -0.1) is 0 Å². The van der Waals surface area contributed by atoms with Gasteiger partial charge in [0.25, 0.3) is 0 Å². The zero-order valence-electron chi connectivity index (χ0n) is 17.7. The van der Waals surface area contributed by atoms with Gasteiger partial charge < -0.3 is 19.5 Å². The molecule has 2 aliphatic heterocycles. The van der Waals surface area contributed by atoms with E-state index in [1.807, 2.05) is 65.6 Å². The third-order valence-electron chi connectivity index (χ3n) is 6.77. The number of methoxy groups -OCH3 is 1. The van der Waals surface area contributed by atoms with E-state index in [1.165, 1.54) is 0 Å². The summed E-state index contributed by atoms with van der Waals surface area (Å²) in [5.74, 6) is 0.819. The van der Waals surface area contributed by atoms with Gasteiger partial charge in [0, 0.05) is 24.9 Å². The van der Waals surface area contributed by atoms with E-state index in [4.69, 9.17) is 9.47 Å². The van der Waals surface area contributed by atoms with Crippen molar-refractivity contribution in [2.45, 2.75) is 50.0 Å². The number of hydrogen-bond donors (Lipinski definition) is 1. The van der Waals surface area contributed by atoms with Gasteiger partial charge in [-0.2, -0.15) is 0 Å². The average molecular weight is 418 g/mol. The molecule has 1 N–H and O–H groups in total. The van der Waals surface area contributed by atoms with Crippen molar-refractivity contribution in [3.63, 3.8) is 0 Å². The maximum atomic E-state index is 12.8. The van der Waals surface area contributed by atoms with Gasteiger partial charge >= 0.3 is 6.09 Å². The van der Waals surface area contributed by atoms with Crippen molar-refractivity contribution in [1.82, 2.24) is 4.90 Å². The van der Waals surface area contributed by atoms with E-state index in [9.17, 15) is 9.90 Å². The maximum absolute atomic E-state index is 12.8. The molecular formula is C26H27NO4. The Balaban J connectivity index is 1.32. The molecule has 0 spiro atoms. The SMILES string of the molecule is COc1ccc2cc(C3(O)CC4CCC(C3)N4C(=O)OCc3ccccc3)ccc2c1. The van der Waals surface area contributed by atoms with Gasteiger partial charge in [0.15, 0.2) is 0 Å². The first-order valence-electron chi connectivity index (χ1n) is 10.9. The lowest BCUT2D eigenvalue weighted by Crippen LogP contribution is -2.52. The maximum Gasteiger partial charge on any atom is 0.410 e. The lowest BCUT2D eigenvalue weighted by molar-refractivity contribution is -0.0536. The number of carbonyl (C=O) groups is 1. The highest BCUT2D eigenvalue weighted by molar-refractivity contribution is 5.84. The van der Waals surface area contributed by atoms with Crippen molar-refractivity contribution in [3.8, 4) is 5.75 Å². The van der Waals surface area contributed by atoms with Crippen LogP contribution in [0.3, 0.4) is 0 Å². The molecule has 2 saturated heterocycles. The molecule has 3 aromatic carbocycles. The zero-order valence-corrected chi connectivity index (χ0v) is 17.7. The fourth-order valence-electron chi connectivity index (χ4n) is 5.19. The van der Waals surface area contributed by atoms with Crippen molar-refractivity contribution in [1.29, 1.82) is 0 Å². The second kappa shape index (κ2) is 7.89. The summed E-state index contributed by atoms with van der Waals surface area (Å²) in [6.45, 7) is 0.272. The van der Waals surface area contributed by atoms with E-state index < -0.39 is 5.60 Å². The summed E-state index contributed by atoms with van der Waals surface area (Å²) in [6, 6.07) is 21.8. The number of ether oxygens (including phenoxy) is 2. The Kier molecular flexibility index (Phi) is 5.06. The van der Waals surface area contributed by atoms with E-state index in [1.54, 1.807) is 7.11 Å². The van der Waals surface area contributed by atoms with Crippen molar-refractivity contribution >= 4 is 16.9 Å². The van der Waals surface area contributed by atoms with Crippen LogP contribution in [0, 0.1) is 0 Å². The van der Waals surface area contributed by atoms with Crippen LogP contribution in [0.15, 0.2) is 66.7 Å². The van der Waals surface area contributed by atoms with Crippen molar-refractivity contribution in [2.75, 3.05) is 7.11 Å². The number of hydrogen-bond acceptors (Lipinski definition) is 4. The van der Waals surface area contributed by atoms with E-state index in [-0.39, 0.29) is 24.8 Å². The van der Waals surface area contributed by atoms with Crippen LogP contribution in [0.4, 0.5) is 4.79 Å². The van der Waals surface area contributed by atoms with E-state index in [2.05, 4.69) is 6.07 Å². The molecule has 5 rings (SSSR count). The summed E-state index contributed by atoms with van der Waals surface area (Å²) in [5.41, 5.74) is 0.958. The summed E-state index contributed by atoms with van der Waals surface area (Å²) in [6.07, 6.45) is 2.59. The van der Waals surface area contributed by atoms with Gasteiger partial charge in [0.05, 0.1) is 12.7 Å². The predicted molar refractivity (Wildman–Crippen MR) is 119 cm³/mol. The molecule has 5 heteroatoms. The van der Waals surface area contributed by atoms with E-state index >= 15 is 0 Å². The lowest BCUT2D eigenvalue weighted by Gasteiger charge is -2.43. The largest absolute Gasteiger partial charge is 0.497 e. The van der Waals surface area contributed by atoms with Crippen LogP contribution < -0.4 is 4.74 Å². The highest BCUT2D eigenvalue weighted by Crippen LogP contribution is 2.46. The molecule has 2 heterocycles.